The predicted octanol–water partition coefficient (Wildman–Crippen LogP) is 5.23. The molecule has 1 aromatic heterocycles. The van der Waals surface area contributed by atoms with Crippen molar-refractivity contribution < 1.29 is 4.79 Å². The molecule has 2 aromatic carbocycles. The topological polar surface area (TPSA) is 67.2 Å². The van der Waals surface area contributed by atoms with Crippen LogP contribution in [0.3, 0.4) is 0 Å². The minimum absolute atomic E-state index is 0.171. The molecular formula is C19H17BrN4OS3. The molecule has 0 spiro atoms. The van der Waals surface area contributed by atoms with Crippen molar-refractivity contribution in [3.8, 4) is 0 Å². The Bertz CT molecular complexity index is 945. The van der Waals surface area contributed by atoms with Gasteiger partial charge in [0.05, 0.1) is 11.5 Å². The van der Waals surface area contributed by atoms with Gasteiger partial charge in [0.25, 0.3) is 5.91 Å². The third-order valence-corrected chi connectivity index (χ3v) is 7.32. The third kappa shape index (κ3) is 6.73. The lowest BCUT2D eigenvalue weighted by molar-refractivity contribution is -0.118. The first-order chi connectivity index (χ1) is 13.6. The summed E-state index contributed by atoms with van der Waals surface area (Å²) in [5, 5.41) is 12.5. The number of hydrogen-bond donors (Lipinski definition) is 1. The van der Waals surface area contributed by atoms with Crippen LogP contribution in [-0.2, 0) is 10.5 Å². The molecule has 28 heavy (non-hydrogen) atoms. The molecule has 0 aliphatic rings. The average Bonchev–Trinajstić information content (AvgIpc) is 3.18. The summed E-state index contributed by atoms with van der Waals surface area (Å²) in [6.07, 6.45) is 0. The minimum Gasteiger partial charge on any atom is -0.272 e. The van der Waals surface area contributed by atoms with Crippen LogP contribution < -0.4 is 5.43 Å². The summed E-state index contributed by atoms with van der Waals surface area (Å²) in [7, 11) is 0. The molecule has 0 atom stereocenters. The highest BCUT2D eigenvalue weighted by Gasteiger charge is 2.09. The van der Waals surface area contributed by atoms with Gasteiger partial charge in [-0.1, -0.05) is 93.3 Å². The molecule has 0 bridgehead atoms. The zero-order valence-electron chi connectivity index (χ0n) is 15.0. The lowest BCUT2D eigenvalue weighted by atomic mass is 10.1. The van der Waals surface area contributed by atoms with Crippen molar-refractivity contribution in [3.05, 3.63) is 70.2 Å². The van der Waals surface area contributed by atoms with Crippen molar-refractivity contribution in [1.82, 2.24) is 15.6 Å². The molecular weight excluding hydrogens is 476 g/mol. The zero-order valence-corrected chi connectivity index (χ0v) is 19.0. The molecule has 5 nitrogen and oxygen atoms in total. The fourth-order valence-electron chi connectivity index (χ4n) is 2.09. The van der Waals surface area contributed by atoms with Gasteiger partial charge in [0.15, 0.2) is 8.68 Å². The van der Waals surface area contributed by atoms with Gasteiger partial charge in [0, 0.05) is 10.2 Å². The van der Waals surface area contributed by atoms with Crippen molar-refractivity contribution in [3.63, 3.8) is 0 Å². The summed E-state index contributed by atoms with van der Waals surface area (Å²) in [6.45, 7) is 1.86. The Balaban J connectivity index is 1.44. The Labute approximate surface area is 184 Å². The van der Waals surface area contributed by atoms with Gasteiger partial charge < -0.3 is 0 Å². The van der Waals surface area contributed by atoms with Gasteiger partial charge in [-0.05, 0) is 30.2 Å². The number of halogens is 1. The second-order valence-corrected chi connectivity index (χ2v) is 9.97. The van der Waals surface area contributed by atoms with E-state index in [-0.39, 0.29) is 11.7 Å². The van der Waals surface area contributed by atoms with Gasteiger partial charge in [-0.3, -0.25) is 4.79 Å². The maximum absolute atomic E-state index is 12.0. The fraction of sp³-hybridized carbons (Fsp3) is 0.158. The van der Waals surface area contributed by atoms with Crippen LogP contribution in [-0.4, -0.2) is 27.6 Å². The van der Waals surface area contributed by atoms with E-state index in [0.29, 0.717) is 0 Å². The molecule has 1 N–H and O–H groups in total. The molecule has 144 valence electrons. The summed E-state index contributed by atoms with van der Waals surface area (Å²) in [5.74, 6) is 0.926. The van der Waals surface area contributed by atoms with Gasteiger partial charge >= 0.3 is 0 Å². The van der Waals surface area contributed by atoms with E-state index in [1.807, 2.05) is 49.4 Å². The SMILES string of the molecule is C/C(=N\NC(=O)CSc1nnc(SCc2ccccc2)s1)c1ccc(Br)cc1. The molecule has 1 heterocycles. The van der Waals surface area contributed by atoms with Crippen molar-refractivity contribution in [2.75, 3.05) is 5.75 Å². The molecule has 0 saturated carbocycles. The maximum Gasteiger partial charge on any atom is 0.250 e. The second-order valence-electron chi connectivity index (χ2n) is 5.64. The molecule has 0 radical (unpaired) electrons. The highest BCUT2D eigenvalue weighted by molar-refractivity contribution is 9.10. The van der Waals surface area contributed by atoms with Crippen LogP contribution in [0, 0.1) is 0 Å². The average molecular weight is 493 g/mol. The normalized spacial score (nSPS) is 11.4. The van der Waals surface area contributed by atoms with E-state index in [2.05, 4.69) is 48.8 Å². The van der Waals surface area contributed by atoms with Crippen molar-refractivity contribution >= 4 is 62.4 Å². The van der Waals surface area contributed by atoms with E-state index in [9.17, 15) is 4.79 Å². The number of benzene rings is 2. The van der Waals surface area contributed by atoms with E-state index in [1.54, 1.807) is 11.8 Å². The molecule has 3 aromatic rings. The Morgan fingerprint density at radius 1 is 1.07 bits per heavy atom. The Morgan fingerprint density at radius 2 is 1.75 bits per heavy atom. The summed E-state index contributed by atoms with van der Waals surface area (Å²) < 4.78 is 2.68. The number of rotatable bonds is 8. The second kappa shape index (κ2) is 10.8. The molecule has 3 rings (SSSR count). The van der Waals surface area contributed by atoms with Crippen LogP contribution in [0.1, 0.15) is 18.1 Å². The number of thioether (sulfide) groups is 2. The Hall–Kier alpha value is -1.68. The van der Waals surface area contributed by atoms with E-state index in [0.717, 1.165) is 30.2 Å². The lowest BCUT2D eigenvalue weighted by Crippen LogP contribution is -2.21. The first kappa shape index (κ1) is 21.0. The summed E-state index contributed by atoms with van der Waals surface area (Å²) >= 11 is 7.91. The van der Waals surface area contributed by atoms with Crippen LogP contribution in [0.15, 0.2) is 72.9 Å². The lowest BCUT2D eigenvalue weighted by Gasteiger charge is -2.02. The number of nitrogens with one attached hydrogen (secondary N) is 1. The largest absolute Gasteiger partial charge is 0.272 e. The fourth-order valence-corrected chi connectivity index (χ4v) is 5.13. The number of amides is 1. The molecule has 1 amide bonds. The minimum atomic E-state index is -0.171. The number of hydrogen-bond acceptors (Lipinski definition) is 7. The van der Waals surface area contributed by atoms with Crippen LogP contribution in [0.2, 0.25) is 0 Å². The maximum atomic E-state index is 12.0. The van der Waals surface area contributed by atoms with Gasteiger partial charge in [-0.25, -0.2) is 5.43 Å². The molecule has 9 heteroatoms. The summed E-state index contributed by atoms with van der Waals surface area (Å²) in [4.78, 5) is 12.0. The van der Waals surface area contributed by atoms with Gasteiger partial charge in [-0.15, -0.1) is 10.2 Å². The first-order valence-corrected chi connectivity index (χ1v) is 11.9. The van der Waals surface area contributed by atoms with Gasteiger partial charge in [0.2, 0.25) is 0 Å². The van der Waals surface area contributed by atoms with Crippen LogP contribution in [0.25, 0.3) is 0 Å². The molecule has 0 aliphatic heterocycles. The monoisotopic (exact) mass is 492 g/mol. The van der Waals surface area contributed by atoms with Gasteiger partial charge in [0.1, 0.15) is 0 Å². The number of nitrogens with zero attached hydrogens (tertiary/aromatic N) is 3. The number of carbonyl (C=O) groups excluding carboxylic acids is 1. The number of hydrazone groups is 1. The van der Waals surface area contributed by atoms with E-state index >= 15 is 0 Å². The quantitative estimate of drug-likeness (QED) is 0.265. The molecule has 0 aliphatic carbocycles. The third-order valence-electron chi connectivity index (χ3n) is 3.53. The smallest absolute Gasteiger partial charge is 0.250 e. The number of aromatic nitrogens is 2. The molecule has 0 unspecified atom stereocenters. The summed E-state index contributed by atoms with van der Waals surface area (Å²) in [6, 6.07) is 18.0. The first-order valence-electron chi connectivity index (χ1n) is 8.32. The van der Waals surface area contributed by atoms with Crippen LogP contribution in [0.5, 0.6) is 0 Å². The standard InChI is InChI=1S/C19H17BrN4OS3/c1-13(15-7-9-16(20)10-8-15)21-22-17(25)12-27-19-24-23-18(28-19)26-11-14-5-3-2-4-6-14/h2-10H,11-12H2,1H3,(H,22,25)/b21-13+. The van der Waals surface area contributed by atoms with Gasteiger partial charge in [-0.2, -0.15) is 5.10 Å². The van der Waals surface area contributed by atoms with Crippen LogP contribution in [0.4, 0.5) is 0 Å². The van der Waals surface area contributed by atoms with E-state index < -0.39 is 0 Å². The van der Waals surface area contributed by atoms with E-state index in [4.69, 9.17) is 0 Å². The number of carbonyl (C=O) groups is 1. The van der Waals surface area contributed by atoms with Crippen molar-refractivity contribution in [2.24, 2.45) is 5.10 Å². The molecule has 0 fully saturated rings. The Kier molecular flexibility index (Phi) is 8.08. The highest BCUT2D eigenvalue weighted by Crippen LogP contribution is 2.30. The van der Waals surface area contributed by atoms with Crippen molar-refractivity contribution in [1.29, 1.82) is 0 Å². The van der Waals surface area contributed by atoms with Crippen molar-refractivity contribution in [2.45, 2.75) is 21.4 Å². The molecule has 0 saturated heterocycles. The highest BCUT2D eigenvalue weighted by atomic mass is 79.9. The predicted molar refractivity (Wildman–Crippen MR) is 121 cm³/mol. The van der Waals surface area contributed by atoms with E-state index in [1.165, 1.54) is 28.7 Å². The summed E-state index contributed by atoms with van der Waals surface area (Å²) in [5.41, 5.74) is 5.54. The zero-order chi connectivity index (χ0) is 19.8. The van der Waals surface area contributed by atoms with Crippen LogP contribution >= 0.6 is 50.8 Å². The Morgan fingerprint density at radius 3 is 2.46 bits per heavy atom.